The zero-order valence-electron chi connectivity index (χ0n) is 15.7. The Morgan fingerprint density at radius 2 is 1.88 bits per heavy atom. The van der Waals surface area contributed by atoms with Gasteiger partial charge in [0.25, 0.3) is 0 Å². The predicted octanol–water partition coefficient (Wildman–Crippen LogP) is 1.83. The Kier molecular flexibility index (Phi) is 6.10. The second-order valence-electron chi connectivity index (χ2n) is 7.77. The summed E-state index contributed by atoms with van der Waals surface area (Å²) in [6.45, 7) is 7.80. The van der Waals surface area contributed by atoms with Gasteiger partial charge in [0.2, 0.25) is 5.91 Å². The highest BCUT2D eigenvalue weighted by atomic mass is 16.2. The monoisotopic (exact) mass is 344 g/mol. The van der Waals surface area contributed by atoms with Gasteiger partial charge in [0.15, 0.2) is 0 Å². The molecule has 2 aliphatic heterocycles. The van der Waals surface area contributed by atoms with Crippen LogP contribution in [0.4, 0.5) is 0 Å². The molecule has 0 spiro atoms. The summed E-state index contributed by atoms with van der Waals surface area (Å²) in [6.07, 6.45) is 2.19. The van der Waals surface area contributed by atoms with Gasteiger partial charge in [-0.25, -0.2) is 0 Å². The van der Waals surface area contributed by atoms with Crippen LogP contribution in [0, 0.1) is 5.92 Å². The molecule has 5 heteroatoms. The number of nitrogens with zero attached hydrogens (tertiary/aromatic N) is 2. The van der Waals surface area contributed by atoms with Gasteiger partial charge in [0.05, 0.1) is 6.54 Å². The van der Waals surface area contributed by atoms with E-state index in [-0.39, 0.29) is 5.91 Å². The number of benzene rings is 1. The first-order chi connectivity index (χ1) is 12.0. The summed E-state index contributed by atoms with van der Waals surface area (Å²) in [5, 5.41) is 0. The van der Waals surface area contributed by atoms with E-state index in [9.17, 15) is 4.79 Å². The molecule has 2 fully saturated rings. The Morgan fingerprint density at radius 3 is 2.56 bits per heavy atom. The van der Waals surface area contributed by atoms with Crippen molar-refractivity contribution in [3.63, 3.8) is 0 Å². The van der Waals surface area contributed by atoms with Crippen molar-refractivity contribution in [3.8, 4) is 0 Å². The molecule has 2 aliphatic rings. The number of carbonyl (C=O) groups is 1. The van der Waals surface area contributed by atoms with E-state index in [0.717, 1.165) is 32.5 Å². The van der Waals surface area contributed by atoms with E-state index in [1.165, 1.54) is 5.56 Å². The largest absolute Gasteiger partial charge is 0.345 e. The molecule has 3 atom stereocenters. The first-order valence-corrected chi connectivity index (χ1v) is 9.57. The van der Waals surface area contributed by atoms with Crippen LogP contribution >= 0.6 is 0 Å². The zero-order valence-corrected chi connectivity index (χ0v) is 15.7. The number of hydrogen-bond donors (Lipinski definition) is 2. The summed E-state index contributed by atoms with van der Waals surface area (Å²) in [6, 6.07) is 11.6. The molecule has 0 bridgehead atoms. The first-order valence-electron chi connectivity index (χ1n) is 9.57. The van der Waals surface area contributed by atoms with Crippen LogP contribution in [0.2, 0.25) is 0 Å². The summed E-state index contributed by atoms with van der Waals surface area (Å²) < 4.78 is 0. The molecule has 2 heterocycles. The Balaban J connectivity index is 1.43. The Morgan fingerprint density at radius 1 is 1.20 bits per heavy atom. The maximum atomic E-state index is 12.6. The third-order valence-corrected chi connectivity index (χ3v) is 5.95. The third kappa shape index (κ3) is 4.60. The van der Waals surface area contributed by atoms with Gasteiger partial charge in [0, 0.05) is 32.2 Å². The van der Waals surface area contributed by atoms with Crippen LogP contribution in [-0.2, 0) is 4.79 Å². The van der Waals surface area contributed by atoms with Crippen LogP contribution in [0.25, 0.3) is 0 Å². The van der Waals surface area contributed by atoms with Crippen LogP contribution in [0.15, 0.2) is 30.3 Å². The van der Waals surface area contributed by atoms with Crippen LogP contribution in [0.3, 0.4) is 0 Å². The van der Waals surface area contributed by atoms with E-state index in [1.54, 1.807) is 0 Å². The van der Waals surface area contributed by atoms with E-state index in [0.29, 0.717) is 30.5 Å². The number of nitrogens with one attached hydrogen (secondary N) is 2. The van der Waals surface area contributed by atoms with Crippen molar-refractivity contribution >= 4 is 5.91 Å². The molecule has 3 unspecified atom stereocenters. The minimum absolute atomic E-state index is 0.243. The molecule has 2 saturated heterocycles. The molecule has 0 aliphatic carbocycles. The van der Waals surface area contributed by atoms with Crippen LogP contribution in [0.1, 0.15) is 38.2 Å². The van der Waals surface area contributed by atoms with Gasteiger partial charge in [0.1, 0.15) is 0 Å². The number of likely N-dealkylation sites (N-methyl/N-ethyl adjacent to an activating group) is 1. The lowest BCUT2D eigenvalue weighted by Crippen LogP contribution is -2.39. The summed E-state index contributed by atoms with van der Waals surface area (Å²) >= 11 is 0. The fourth-order valence-corrected chi connectivity index (χ4v) is 4.16. The van der Waals surface area contributed by atoms with E-state index >= 15 is 0 Å². The molecule has 25 heavy (non-hydrogen) atoms. The Labute approximate surface area is 151 Å². The van der Waals surface area contributed by atoms with Gasteiger partial charge < -0.3 is 4.90 Å². The number of amides is 1. The van der Waals surface area contributed by atoms with Gasteiger partial charge >= 0.3 is 0 Å². The number of hydrogen-bond acceptors (Lipinski definition) is 4. The lowest BCUT2D eigenvalue weighted by atomic mass is 9.93. The van der Waals surface area contributed by atoms with Crippen LogP contribution in [0.5, 0.6) is 0 Å². The Bertz CT molecular complexity index is 554. The number of likely N-dealkylation sites (tertiary alicyclic amines) is 1. The maximum Gasteiger partial charge on any atom is 0.236 e. The first kappa shape index (κ1) is 18.4. The summed E-state index contributed by atoms with van der Waals surface area (Å²) in [5.41, 5.74) is 7.98. The quantitative estimate of drug-likeness (QED) is 0.827. The van der Waals surface area contributed by atoms with Crippen molar-refractivity contribution in [1.82, 2.24) is 20.7 Å². The summed E-state index contributed by atoms with van der Waals surface area (Å²) in [7, 11) is 1.94. The second kappa shape index (κ2) is 8.30. The van der Waals surface area contributed by atoms with Crippen molar-refractivity contribution in [2.75, 3.05) is 33.2 Å². The lowest BCUT2D eigenvalue weighted by molar-refractivity contribution is -0.131. The summed E-state index contributed by atoms with van der Waals surface area (Å²) in [5.74, 6) is 1.38. The number of rotatable bonds is 6. The average Bonchev–Trinajstić information content (AvgIpc) is 3.21. The van der Waals surface area contributed by atoms with Crippen molar-refractivity contribution in [2.24, 2.45) is 5.92 Å². The average molecular weight is 345 g/mol. The topological polar surface area (TPSA) is 47.6 Å². The van der Waals surface area contributed by atoms with Gasteiger partial charge in [-0.15, -0.1) is 0 Å². The molecule has 138 valence electrons. The summed E-state index contributed by atoms with van der Waals surface area (Å²) in [4.78, 5) is 16.8. The molecule has 2 N–H and O–H groups in total. The van der Waals surface area contributed by atoms with Crippen LogP contribution in [-0.4, -0.2) is 61.0 Å². The Hall–Kier alpha value is -1.43. The van der Waals surface area contributed by atoms with Gasteiger partial charge in [-0.3, -0.25) is 20.5 Å². The second-order valence-corrected chi connectivity index (χ2v) is 7.77. The lowest BCUT2D eigenvalue weighted by Gasteiger charge is -2.25. The molecule has 3 rings (SSSR count). The van der Waals surface area contributed by atoms with E-state index < -0.39 is 0 Å². The third-order valence-electron chi connectivity index (χ3n) is 5.95. The fraction of sp³-hybridized carbons (Fsp3) is 0.650. The fourth-order valence-electron chi connectivity index (χ4n) is 4.16. The highest BCUT2D eigenvalue weighted by Crippen LogP contribution is 2.26. The van der Waals surface area contributed by atoms with Crippen molar-refractivity contribution in [3.05, 3.63) is 35.9 Å². The van der Waals surface area contributed by atoms with Crippen molar-refractivity contribution < 1.29 is 4.79 Å². The molecule has 5 nitrogen and oxygen atoms in total. The zero-order chi connectivity index (χ0) is 17.8. The van der Waals surface area contributed by atoms with E-state index in [1.807, 2.05) is 11.9 Å². The molecule has 0 radical (unpaired) electrons. The highest BCUT2D eigenvalue weighted by molar-refractivity contribution is 5.78. The smallest absolute Gasteiger partial charge is 0.236 e. The highest BCUT2D eigenvalue weighted by Gasteiger charge is 2.30. The minimum Gasteiger partial charge on any atom is -0.345 e. The SMILES string of the molecule is CC1NNC(C)C1CCN(C)C(=O)CN1CCC(c2ccccc2)C1. The molecule has 1 aromatic rings. The van der Waals surface area contributed by atoms with Crippen molar-refractivity contribution in [1.29, 1.82) is 0 Å². The molecule has 0 aromatic heterocycles. The normalized spacial score (nSPS) is 29.9. The van der Waals surface area contributed by atoms with Crippen LogP contribution < -0.4 is 10.9 Å². The molecular weight excluding hydrogens is 312 g/mol. The van der Waals surface area contributed by atoms with E-state index in [4.69, 9.17) is 0 Å². The standard InChI is InChI=1S/C20H32N4O/c1-15-19(16(2)22-21-15)10-11-23(3)20(25)14-24-12-9-18(13-24)17-7-5-4-6-8-17/h4-8,15-16,18-19,21-22H,9-14H2,1-3H3. The number of hydrazine groups is 1. The van der Waals surface area contributed by atoms with Gasteiger partial charge in [-0.2, -0.15) is 0 Å². The van der Waals surface area contributed by atoms with Gasteiger partial charge in [-0.1, -0.05) is 30.3 Å². The molecule has 1 amide bonds. The molecule has 1 aromatic carbocycles. The molecule has 0 saturated carbocycles. The predicted molar refractivity (Wildman–Crippen MR) is 101 cm³/mol. The van der Waals surface area contributed by atoms with Gasteiger partial charge in [-0.05, 0) is 50.6 Å². The van der Waals surface area contributed by atoms with E-state index in [2.05, 4.69) is 59.9 Å². The van der Waals surface area contributed by atoms with Crippen molar-refractivity contribution in [2.45, 2.75) is 44.7 Å². The maximum absolute atomic E-state index is 12.6. The minimum atomic E-state index is 0.243. The number of carbonyl (C=O) groups excluding carboxylic acids is 1. The molecular formula is C20H32N4O.